The summed E-state index contributed by atoms with van der Waals surface area (Å²) in [5, 5.41) is 3.68. The van der Waals surface area contributed by atoms with E-state index in [0.29, 0.717) is 12.1 Å². The molecule has 0 aliphatic heterocycles. The third-order valence-electron chi connectivity index (χ3n) is 3.33. The minimum absolute atomic E-state index is 0.509. The van der Waals surface area contributed by atoms with Crippen LogP contribution in [0.3, 0.4) is 0 Å². The van der Waals surface area contributed by atoms with Crippen molar-refractivity contribution in [2.24, 2.45) is 11.7 Å². The summed E-state index contributed by atoms with van der Waals surface area (Å²) >= 11 is 0. The molecule has 0 bridgehead atoms. The third kappa shape index (κ3) is 3.10. The summed E-state index contributed by atoms with van der Waals surface area (Å²) in [5.41, 5.74) is 5.82. The van der Waals surface area contributed by atoms with Gasteiger partial charge in [0.2, 0.25) is 0 Å². The van der Waals surface area contributed by atoms with E-state index in [0.717, 1.165) is 12.5 Å². The summed E-state index contributed by atoms with van der Waals surface area (Å²) in [7, 11) is 0. The highest BCUT2D eigenvalue weighted by atomic mass is 15.0. The first-order valence-electron chi connectivity index (χ1n) is 5.92. The molecule has 0 saturated carbocycles. The van der Waals surface area contributed by atoms with Crippen LogP contribution >= 0.6 is 0 Å². The van der Waals surface area contributed by atoms with Crippen LogP contribution in [-0.4, -0.2) is 18.6 Å². The van der Waals surface area contributed by atoms with E-state index in [1.807, 2.05) is 0 Å². The predicted octanol–water partition coefficient (Wildman–Crippen LogP) is 2.06. The standard InChI is InChI=1S/C12H24N2/c1-3-10(4-2)12(9-13)14-11-7-5-6-8-11/h5-6,10-12,14H,3-4,7-9,13H2,1-2H3. The van der Waals surface area contributed by atoms with E-state index in [1.165, 1.54) is 25.7 Å². The van der Waals surface area contributed by atoms with Crippen molar-refractivity contribution in [2.45, 2.75) is 51.6 Å². The van der Waals surface area contributed by atoms with Gasteiger partial charge in [-0.25, -0.2) is 0 Å². The van der Waals surface area contributed by atoms with Crippen LogP contribution in [-0.2, 0) is 0 Å². The van der Waals surface area contributed by atoms with Gasteiger partial charge < -0.3 is 11.1 Å². The van der Waals surface area contributed by atoms with Crippen LogP contribution in [0.4, 0.5) is 0 Å². The van der Waals surface area contributed by atoms with Crippen molar-refractivity contribution in [1.29, 1.82) is 0 Å². The summed E-state index contributed by atoms with van der Waals surface area (Å²) in [6.07, 6.45) is 9.33. The summed E-state index contributed by atoms with van der Waals surface area (Å²) in [6, 6.07) is 1.15. The van der Waals surface area contributed by atoms with E-state index in [-0.39, 0.29) is 0 Å². The Morgan fingerprint density at radius 1 is 1.29 bits per heavy atom. The third-order valence-corrected chi connectivity index (χ3v) is 3.33. The van der Waals surface area contributed by atoms with Crippen molar-refractivity contribution in [1.82, 2.24) is 5.32 Å². The first-order valence-corrected chi connectivity index (χ1v) is 5.92. The molecule has 0 aromatic carbocycles. The maximum atomic E-state index is 5.82. The van der Waals surface area contributed by atoms with Crippen LogP contribution in [0.1, 0.15) is 39.5 Å². The fraction of sp³-hybridized carbons (Fsp3) is 0.833. The molecule has 0 aromatic heterocycles. The van der Waals surface area contributed by atoms with Gasteiger partial charge in [-0.2, -0.15) is 0 Å². The fourth-order valence-electron chi connectivity index (χ4n) is 2.31. The van der Waals surface area contributed by atoms with Gasteiger partial charge in [0.25, 0.3) is 0 Å². The molecule has 0 aromatic rings. The van der Waals surface area contributed by atoms with E-state index >= 15 is 0 Å². The van der Waals surface area contributed by atoms with Gasteiger partial charge in [-0.15, -0.1) is 0 Å². The lowest BCUT2D eigenvalue weighted by Gasteiger charge is -2.28. The smallest absolute Gasteiger partial charge is 0.0221 e. The lowest BCUT2D eigenvalue weighted by molar-refractivity contribution is 0.311. The summed E-state index contributed by atoms with van der Waals surface area (Å²) in [5.74, 6) is 0.737. The lowest BCUT2D eigenvalue weighted by atomic mass is 9.93. The van der Waals surface area contributed by atoms with Crippen LogP contribution in [0, 0.1) is 5.92 Å². The molecule has 2 nitrogen and oxygen atoms in total. The Morgan fingerprint density at radius 3 is 2.29 bits per heavy atom. The van der Waals surface area contributed by atoms with E-state index < -0.39 is 0 Å². The first kappa shape index (κ1) is 11.7. The predicted molar refractivity (Wildman–Crippen MR) is 62.2 cm³/mol. The van der Waals surface area contributed by atoms with E-state index in [2.05, 4.69) is 31.3 Å². The molecule has 1 aliphatic rings. The van der Waals surface area contributed by atoms with Crippen LogP contribution in [0.25, 0.3) is 0 Å². The minimum Gasteiger partial charge on any atom is -0.329 e. The second kappa shape index (κ2) is 6.20. The molecular formula is C12H24N2. The summed E-state index contributed by atoms with van der Waals surface area (Å²) in [4.78, 5) is 0. The molecule has 14 heavy (non-hydrogen) atoms. The quantitative estimate of drug-likeness (QED) is 0.638. The topological polar surface area (TPSA) is 38.0 Å². The van der Waals surface area contributed by atoms with Gasteiger partial charge in [0.15, 0.2) is 0 Å². The Hall–Kier alpha value is -0.340. The summed E-state index contributed by atoms with van der Waals surface area (Å²) in [6.45, 7) is 5.28. The molecule has 0 heterocycles. The molecule has 1 aliphatic carbocycles. The number of rotatable bonds is 6. The SMILES string of the molecule is CCC(CC)C(CN)NC1CC=CC1. The molecule has 0 radical (unpaired) electrons. The average Bonchev–Trinajstić information content (AvgIpc) is 2.70. The van der Waals surface area contributed by atoms with Gasteiger partial charge in [0.05, 0.1) is 0 Å². The van der Waals surface area contributed by atoms with Gasteiger partial charge in [-0.1, -0.05) is 38.8 Å². The van der Waals surface area contributed by atoms with Crippen LogP contribution in [0.2, 0.25) is 0 Å². The van der Waals surface area contributed by atoms with Crippen molar-refractivity contribution >= 4 is 0 Å². The Labute approximate surface area is 87.9 Å². The Morgan fingerprint density at radius 2 is 1.86 bits per heavy atom. The van der Waals surface area contributed by atoms with E-state index in [4.69, 9.17) is 5.73 Å². The van der Waals surface area contributed by atoms with Crippen molar-refractivity contribution in [3.63, 3.8) is 0 Å². The van der Waals surface area contributed by atoms with Gasteiger partial charge >= 0.3 is 0 Å². The zero-order chi connectivity index (χ0) is 10.4. The van der Waals surface area contributed by atoms with Gasteiger partial charge in [0.1, 0.15) is 0 Å². The number of hydrogen-bond donors (Lipinski definition) is 2. The molecule has 2 heteroatoms. The molecule has 0 amide bonds. The van der Waals surface area contributed by atoms with E-state index in [9.17, 15) is 0 Å². The van der Waals surface area contributed by atoms with Gasteiger partial charge in [-0.05, 0) is 18.8 Å². The van der Waals surface area contributed by atoms with Crippen molar-refractivity contribution in [3.8, 4) is 0 Å². The Bertz CT molecular complexity index is 165. The highest BCUT2D eigenvalue weighted by molar-refractivity contribution is 4.99. The van der Waals surface area contributed by atoms with Crippen LogP contribution in [0.5, 0.6) is 0 Å². The molecule has 0 fully saturated rings. The Kier molecular flexibility index (Phi) is 5.20. The lowest BCUT2D eigenvalue weighted by Crippen LogP contribution is -2.46. The molecule has 1 unspecified atom stereocenters. The zero-order valence-electron chi connectivity index (χ0n) is 9.50. The maximum Gasteiger partial charge on any atom is 0.0221 e. The van der Waals surface area contributed by atoms with Crippen molar-refractivity contribution < 1.29 is 0 Å². The second-order valence-corrected chi connectivity index (χ2v) is 4.23. The van der Waals surface area contributed by atoms with Crippen molar-refractivity contribution in [3.05, 3.63) is 12.2 Å². The summed E-state index contributed by atoms with van der Waals surface area (Å²) < 4.78 is 0. The second-order valence-electron chi connectivity index (χ2n) is 4.23. The van der Waals surface area contributed by atoms with Crippen molar-refractivity contribution in [2.75, 3.05) is 6.54 Å². The molecule has 1 atom stereocenters. The largest absolute Gasteiger partial charge is 0.329 e. The molecule has 0 saturated heterocycles. The number of nitrogens with two attached hydrogens (primary N) is 1. The highest BCUT2D eigenvalue weighted by Gasteiger charge is 2.20. The zero-order valence-corrected chi connectivity index (χ0v) is 9.50. The number of nitrogens with one attached hydrogen (secondary N) is 1. The van der Waals surface area contributed by atoms with Crippen LogP contribution < -0.4 is 11.1 Å². The molecule has 82 valence electrons. The van der Waals surface area contributed by atoms with Gasteiger partial charge in [-0.3, -0.25) is 0 Å². The molecular weight excluding hydrogens is 172 g/mol. The molecule has 3 N–H and O–H groups in total. The Balaban J connectivity index is 2.36. The normalized spacial score (nSPS) is 19.4. The average molecular weight is 196 g/mol. The monoisotopic (exact) mass is 196 g/mol. The van der Waals surface area contributed by atoms with Gasteiger partial charge in [0, 0.05) is 18.6 Å². The first-order chi connectivity index (χ1) is 6.81. The molecule has 0 spiro atoms. The maximum absolute atomic E-state index is 5.82. The van der Waals surface area contributed by atoms with E-state index in [1.54, 1.807) is 0 Å². The minimum atomic E-state index is 0.509. The number of hydrogen-bond acceptors (Lipinski definition) is 2. The van der Waals surface area contributed by atoms with Crippen LogP contribution in [0.15, 0.2) is 12.2 Å². The highest BCUT2D eigenvalue weighted by Crippen LogP contribution is 2.16. The molecule has 1 rings (SSSR count). The fourth-order valence-corrected chi connectivity index (χ4v) is 2.31.